The van der Waals surface area contributed by atoms with E-state index in [9.17, 15) is 0 Å². The molecule has 0 nitrogen and oxygen atoms in total. The van der Waals surface area contributed by atoms with Crippen molar-refractivity contribution in [3.05, 3.63) is 0 Å². The second kappa shape index (κ2) is 2.80. The van der Waals surface area contributed by atoms with Crippen LogP contribution in [0.4, 0.5) is 0 Å². The molecule has 3 aliphatic rings. The van der Waals surface area contributed by atoms with Crippen molar-refractivity contribution in [2.75, 3.05) is 0 Å². The van der Waals surface area contributed by atoms with Crippen LogP contribution in [0, 0.1) is 23.7 Å². The average Bonchev–Trinajstić information content (AvgIpc) is 2.58. The Hall–Kier alpha value is 0. The van der Waals surface area contributed by atoms with E-state index in [1.807, 2.05) is 0 Å². The molecule has 4 atom stereocenters. The molecule has 0 heteroatoms. The first-order valence-corrected chi connectivity index (χ1v) is 5.36. The van der Waals surface area contributed by atoms with Gasteiger partial charge in [0.1, 0.15) is 0 Å². The first-order valence-electron chi connectivity index (χ1n) is 5.36. The van der Waals surface area contributed by atoms with Crippen LogP contribution >= 0.6 is 0 Å². The summed E-state index contributed by atoms with van der Waals surface area (Å²) in [5.74, 6) is 4.93. The Morgan fingerprint density at radius 1 is 0.909 bits per heavy atom. The van der Waals surface area contributed by atoms with Gasteiger partial charge in [-0.3, -0.25) is 0 Å². The van der Waals surface area contributed by atoms with Gasteiger partial charge >= 0.3 is 0 Å². The molecule has 0 aromatic heterocycles. The lowest BCUT2D eigenvalue weighted by molar-refractivity contribution is 0.182. The van der Waals surface area contributed by atoms with Crippen LogP contribution in [-0.4, -0.2) is 0 Å². The highest BCUT2D eigenvalue weighted by atomic mass is 14.6. The third-order valence-electron chi connectivity index (χ3n) is 3.61. The van der Waals surface area contributed by atoms with E-state index in [0.29, 0.717) is 0 Å². The molecule has 0 aromatic carbocycles. The van der Waals surface area contributed by atoms with Gasteiger partial charge in [-0.05, 0) is 49.4 Å². The van der Waals surface area contributed by atoms with Gasteiger partial charge in [0.25, 0.3) is 0 Å². The van der Waals surface area contributed by atoms with Crippen molar-refractivity contribution >= 4 is 0 Å². The lowest BCUT2D eigenvalue weighted by atomic mass is 9.73. The Kier molecular flexibility index (Phi) is 1.95. The first-order chi connectivity index (χ1) is 5.36. The molecule has 0 N–H and O–H groups in total. The molecule has 0 aliphatic heterocycles. The molecule has 3 fully saturated rings. The Morgan fingerprint density at radius 3 is 1.91 bits per heavy atom. The molecule has 0 aromatic rings. The Morgan fingerprint density at radius 2 is 1.64 bits per heavy atom. The zero-order chi connectivity index (χ0) is 7.84. The molecule has 0 bridgehead atoms. The predicted molar refractivity (Wildman–Crippen MR) is 48.4 cm³/mol. The summed E-state index contributed by atoms with van der Waals surface area (Å²) in [6.07, 6.45) is 7.65. The zero-order valence-electron chi connectivity index (χ0n) is 7.84. The summed E-state index contributed by atoms with van der Waals surface area (Å²) >= 11 is 0. The van der Waals surface area contributed by atoms with E-state index in [1.165, 1.54) is 30.1 Å². The summed E-state index contributed by atoms with van der Waals surface area (Å²) in [5.41, 5.74) is 0. The van der Waals surface area contributed by atoms with Crippen molar-refractivity contribution in [2.45, 2.75) is 46.0 Å². The molecule has 3 saturated carbocycles. The third kappa shape index (κ3) is 1.21. The van der Waals surface area contributed by atoms with Gasteiger partial charge in [-0.1, -0.05) is 20.3 Å². The van der Waals surface area contributed by atoms with E-state index in [4.69, 9.17) is 0 Å². The van der Waals surface area contributed by atoms with Crippen molar-refractivity contribution in [1.82, 2.24) is 0 Å². The fourth-order valence-electron chi connectivity index (χ4n) is 2.91. The maximum atomic E-state index is 2.12. The van der Waals surface area contributed by atoms with Gasteiger partial charge in [0.05, 0.1) is 0 Å². The molecule has 11 heavy (non-hydrogen) atoms. The highest BCUT2D eigenvalue weighted by molar-refractivity contribution is 5.05. The van der Waals surface area contributed by atoms with Gasteiger partial charge < -0.3 is 0 Å². The quantitative estimate of drug-likeness (QED) is 0.498. The fourth-order valence-corrected chi connectivity index (χ4v) is 2.91. The first kappa shape index (κ1) is 7.64. The monoisotopic (exact) mass is 152 g/mol. The number of hydrogen-bond acceptors (Lipinski definition) is 0. The second-order valence-electron chi connectivity index (χ2n) is 4.60. The normalized spacial score (nSPS) is 49.6. The second-order valence-corrected chi connectivity index (χ2v) is 4.60. The lowest BCUT2D eigenvalue weighted by Crippen LogP contribution is -2.22. The molecule has 0 heterocycles. The summed E-state index contributed by atoms with van der Waals surface area (Å²) in [6.45, 7) is 4.25. The smallest absolute Gasteiger partial charge is 0.0352 e. The van der Waals surface area contributed by atoms with Crippen LogP contribution in [0.3, 0.4) is 0 Å². The minimum atomic E-state index is 1.22. The van der Waals surface area contributed by atoms with E-state index in [1.54, 1.807) is 25.7 Å². The van der Waals surface area contributed by atoms with E-state index in [0.717, 1.165) is 0 Å². The standard InChI is InChI=1S/C8H12.C3H8/c1-2-7-5(1)3-6-4-8(6)7;1-3-2/h5-8H,1-4H2;3H2,1-2H3. The average molecular weight is 152 g/mol. The molecule has 3 aliphatic carbocycles. The van der Waals surface area contributed by atoms with Crippen molar-refractivity contribution in [1.29, 1.82) is 0 Å². The van der Waals surface area contributed by atoms with Gasteiger partial charge in [-0.15, -0.1) is 0 Å². The van der Waals surface area contributed by atoms with Crippen molar-refractivity contribution in [2.24, 2.45) is 23.7 Å². The fraction of sp³-hybridized carbons (Fsp3) is 1.00. The minimum absolute atomic E-state index is 1.22. The minimum Gasteiger partial charge on any atom is -0.0656 e. The zero-order valence-corrected chi connectivity index (χ0v) is 7.84. The van der Waals surface area contributed by atoms with E-state index >= 15 is 0 Å². The Labute approximate surface area is 70.4 Å². The summed E-state index contributed by atoms with van der Waals surface area (Å²) in [5, 5.41) is 0. The Balaban J connectivity index is 0.000000143. The summed E-state index contributed by atoms with van der Waals surface area (Å²) < 4.78 is 0. The van der Waals surface area contributed by atoms with Crippen LogP contribution in [0.25, 0.3) is 0 Å². The highest BCUT2D eigenvalue weighted by Crippen LogP contribution is 2.65. The maximum absolute atomic E-state index is 2.12. The van der Waals surface area contributed by atoms with Gasteiger partial charge in [-0.2, -0.15) is 0 Å². The van der Waals surface area contributed by atoms with Gasteiger partial charge in [0, 0.05) is 0 Å². The summed E-state index contributed by atoms with van der Waals surface area (Å²) in [6, 6.07) is 0. The number of hydrogen-bond donors (Lipinski definition) is 0. The number of rotatable bonds is 0. The van der Waals surface area contributed by atoms with Crippen LogP contribution in [0.1, 0.15) is 46.0 Å². The van der Waals surface area contributed by atoms with Crippen LogP contribution in [-0.2, 0) is 0 Å². The van der Waals surface area contributed by atoms with Crippen molar-refractivity contribution in [3.63, 3.8) is 0 Å². The molecule has 0 saturated heterocycles. The number of fused-ring (bicyclic) bond motifs is 3. The molecule has 0 spiro atoms. The summed E-state index contributed by atoms with van der Waals surface area (Å²) in [4.78, 5) is 0. The van der Waals surface area contributed by atoms with Crippen LogP contribution in [0.5, 0.6) is 0 Å². The topological polar surface area (TPSA) is 0 Å². The SMILES string of the molecule is C1CC2C1CC1CC12.CCC. The summed E-state index contributed by atoms with van der Waals surface area (Å²) in [7, 11) is 0. The molecular formula is C11H20. The lowest BCUT2D eigenvalue weighted by Gasteiger charge is -2.32. The van der Waals surface area contributed by atoms with Crippen LogP contribution in [0.2, 0.25) is 0 Å². The van der Waals surface area contributed by atoms with Crippen LogP contribution < -0.4 is 0 Å². The molecule has 4 unspecified atom stereocenters. The maximum Gasteiger partial charge on any atom is -0.0352 e. The predicted octanol–water partition coefficient (Wildman–Crippen LogP) is 3.47. The van der Waals surface area contributed by atoms with Gasteiger partial charge in [-0.25, -0.2) is 0 Å². The molecule has 3 rings (SSSR count). The molecule has 64 valence electrons. The Bertz CT molecular complexity index is 135. The van der Waals surface area contributed by atoms with Gasteiger partial charge in [0.15, 0.2) is 0 Å². The van der Waals surface area contributed by atoms with E-state index in [2.05, 4.69) is 13.8 Å². The molecule has 0 amide bonds. The van der Waals surface area contributed by atoms with E-state index < -0.39 is 0 Å². The van der Waals surface area contributed by atoms with E-state index in [-0.39, 0.29) is 0 Å². The largest absolute Gasteiger partial charge is 0.0656 e. The van der Waals surface area contributed by atoms with Crippen LogP contribution in [0.15, 0.2) is 0 Å². The molecular weight excluding hydrogens is 132 g/mol. The van der Waals surface area contributed by atoms with Gasteiger partial charge in [0.2, 0.25) is 0 Å². The van der Waals surface area contributed by atoms with Crippen molar-refractivity contribution in [3.8, 4) is 0 Å². The van der Waals surface area contributed by atoms with Crippen molar-refractivity contribution < 1.29 is 0 Å². The highest BCUT2D eigenvalue weighted by Gasteiger charge is 2.56. The molecule has 0 radical (unpaired) electrons. The third-order valence-corrected chi connectivity index (χ3v) is 3.61.